The van der Waals surface area contributed by atoms with Crippen molar-refractivity contribution < 1.29 is 9.32 Å². The topological polar surface area (TPSA) is 94.0 Å². The fraction of sp³-hybridized carbons (Fsp3) is 0.154. The lowest BCUT2D eigenvalue weighted by molar-refractivity contribution is 0.0959. The summed E-state index contributed by atoms with van der Waals surface area (Å²) < 4.78 is 5.63. The molecule has 3 aromatic rings. The van der Waals surface area contributed by atoms with Crippen LogP contribution in [0.2, 0.25) is 0 Å². The molecule has 0 aliphatic heterocycles. The van der Waals surface area contributed by atoms with E-state index >= 15 is 0 Å². The number of benzene rings is 1. The molecular formula is C13H12N4O2S. The fourth-order valence-corrected chi connectivity index (χ4v) is 2.94. The number of nitrogens with one attached hydrogen (secondary N) is 1. The van der Waals surface area contributed by atoms with Crippen molar-refractivity contribution in [2.24, 2.45) is 0 Å². The number of hydrogen-bond acceptors (Lipinski definition) is 6. The zero-order chi connectivity index (χ0) is 13.9. The van der Waals surface area contributed by atoms with Gasteiger partial charge >= 0.3 is 0 Å². The zero-order valence-electron chi connectivity index (χ0n) is 10.5. The first-order valence-electron chi connectivity index (χ1n) is 6.06. The van der Waals surface area contributed by atoms with E-state index in [1.165, 1.54) is 17.7 Å². The van der Waals surface area contributed by atoms with E-state index in [9.17, 15) is 4.79 Å². The van der Waals surface area contributed by atoms with Crippen molar-refractivity contribution in [2.45, 2.75) is 6.42 Å². The average molecular weight is 288 g/mol. The SMILES string of the molecule is Nc1c(C(=O)NCCc2ncon2)sc2ccccc12. The lowest BCUT2D eigenvalue weighted by Gasteiger charge is -2.02. The van der Waals surface area contributed by atoms with E-state index < -0.39 is 0 Å². The van der Waals surface area contributed by atoms with Gasteiger partial charge in [0, 0.05) is 23.1 Å². The largest absolute Gasteiger partial charge is 0.397 e. The van der Waals surface area contributed by atoms with Gasteiger partial charge < -0.3 is 15.6 Å². The van der Waals surface area contributed by atoms with Crippen molar-refractivity contribution in [1.82, 2.24) is 15.5 Å². The Hall–Kier alpha value is -2.41. The number of rotatable bonds is 4. The van der Waals surface area contributed by atoms with Crippen LogP contribution in [-0.2, 0) is 6.42 Å². The molecule has 0 saturated heterocycles. The Bertz CT molecular complexity index is 736. The summed E-state index contributed by atoms with van der Waals surface area (Å²) in [5, 5.41) is 7.40. The second-order valence-electron chi connectivity index (χ2n) is 4.19. The maximum Gasteiger partial charge on any atom is 0.263 e. The third-order valence-corrected chi connectivity index (χ3v) is 4.07. The molecule has 0 unspecified atom stereocenters. The minimum atomic E-state index is -0.174. The van der Waals surface area contributed by atoms with Gasteiger partial charge in [-0.05, 0) is 6.07 Å². The van der Waals surface area contributed by atoms with E-state index in [2.05, 4.69) is 20.0 Å². The van der Waals surface area contributed by atoms with Crippen LogP contribution in [0.4, 0.5) is 5.69 Å². The van der Waals surface area contributed by atoms with E-state index in [0.29, 0.717) is 29.4 Å². The summed E-state index contributed by atoms with van der Waals surface area (Å²) in [5.41, 5.74) is 6.55. The summed E-state index contributed by atoms with van der Waals surface area (Å²) >= 11 is 1.39. The van der Waals surface area contributed by atoms with Crippen LogP contribution < -0.4 is 11.1 Å². The molecule has 6 nitrogen and oxygen atoms in total. The third kappa shape index (κ3) is 2.35. The number of nitrogen functional groups attached to an aromatic ring is 1. The molecule has 3 rings (SSSR count). The van der Waals surface area contributed by atoms with Gasteiger partial charge in [0.2, 0.25) is 6.39 Å². The summed E-state index contributed by atoms with van der Waals surface area (Å²) in [7, 11) is 0. The molecule has 2 heterocycles. The maximum atomic E-state index is 12.1. The van der Waals surface area contributed by atoms with Gasteiger partial charge in [-0.1, -0.05) is 23.4 Å². The van der Waals surface area contributed by atoms with Gasteiger partial charge in [0.05, 0.1) is 5.69 Å². The second kappa shape index (κ2) is 5.30. The highest BCUT2D eigenvalue weighted by Gasteiger charge is 2.15. The Morgan fingerprint density at radius 3 is 3.00 bits per heavy atom. The number of anilines is 1. The molecule has 1 aromatic carbocycles. The van der Waals surface area contributed by atoms with Crippen molar-refractivity contribution in [3.8, 4) is 0 Å². The smallest absolute Gasteiger partial charge is 0.263 e. The number of hydrogen-bond donors (Lipinski definition) is 2. The Balaban J connectivity index is 1.71. The van der Waals surface area contributed by atoms with Crippen LogP contribution in [0.1, 0.15) is 15.5 Å². The number of aromatic nitrogens is 2. The van der Waals surface area contributed by atoms with Gasteiger partial charge in [-0.15, -0.1) is 11.3 Å². The second-order valence-corrected chi connectivity index (χ2v) is 5.25. The summed E-state index contributed by atoms with van der Waals surface area (Å²) in [6.07, 6.45) is 1.79. The first-order chi connectivity index (χ1) is 9.75. The molecule has 102 valence electrons. The number of carbonyl (C=O) groups is 1. The molecule has 0 aliphatic carbocycles. The van der Waals surface area contributed by atoms with Crippen LogP contribution in [-0.4, -0.2) is 22.6 Å². The van der Waals surface area contributed by atoms with Crippen molar-refractivity contribution in [2.75, 3.05) is 12.3 Å². The number of thiophene rings is 1. The van der Waals surface area contributed by atoms with Crippen LogP contribution >= 0.6 is 11.3 Å². The van der Waals surface area contributed by atoms with Crippen molar-refractivity contribution in [3.05, 3.63) is 41.4 Å². The maximum absolute atomic E-state index is 12.1. The molecule has 1 amide bonds. The Kier molecular flexibility index (Phi) is 3.34. The van der Waals surface area contributed by atoms with Crippen LogP contribution in [0, 0.1) is 0 Å². The van der Waals surface area contributed by atoms with Crippen molar-refractivity contribution in [1.29, 1.82) is 0 Å². The Morgan fingerprint density at radius 2 is 2.25 bits per heavy atom. The van der Waals surface area contributed by atoms with Gasteiger partial charge in [0.1, 0.15) is 4.88 Å². The molecular weight excluding hydrogens is 276 g/mol. The molecule has 0 fully saturated rings. The molecule has 20 heavy (non-hydrogen) atoms. The highest BCUT2D eigenvalue weighted by Crippen LogP contribution is 2.33. The number of nitrogens with zero attached hydrogens (tertiary/aromatic N) is 2. The van der Waals surface area contributed by atoms with Gasteiger partial charge in [0.15, 0.2) is 5.82 Å². The normalized spacial score (nSPS) is 10.8. The number of nitrogens with two attached hydrogens (primary N) is 1. The molecule has 7 heteroatoms. The molecule has 0 atom stereocenters. The zero-order valence-corrected chi connectivity index (χ0v) is 11.3. The fourth-order valence-electron chi connectivity index (χ4n) is 1.90. The summed E-state index contributed by atoms with van der Waals surface area (Å²) in [5.74, 6) is 0.391. The first-order valence-corrected chi connectivity index (χ1v) is 6.88. The van der Waals surface area contributed by atoms with E-state index in [0.717, 1.165) is 10.1 Å². The highest BCUT2D eigenvalue weighted by molar-refractivity contribution is 7.21. The highest BCUT2D eigenvalue weighted by atomic mass is 32.1. The monoisotopic (exact) mass is 288 g/mol. The van der Waals surface area contributed by atoms with Crippen LogP contribution in [0.3, 0.4) is 0 Å². The molecule has 2 aromatic heterocycles. The van der Waals surface area contributed by atoms with Crippen LogP contribution in [0.25, 0.3) is 10.1 Å². The lowest BCUT2D eigenvalue weighted by atomic mass is 10.2. The minimum absolute atomic E-state index is 0.174. The van der Waals surface area contributed by atoms with Gasteiger partial charge in [-0.3, -0.25) is 4.79 Å². The van der Waals surface area contributed by atoms with Crippen molar-refractivity contribution in [3.63, 3.8) is 0 Å². The van der Waals surface area contributed by atoms with Crippen LogP contribution in [0.15, 0.2) is 35.2 Å². The molecule has 3 N–H and O–H groups in total. The molecule has 0 radical (unpaired) electrons. The van der Waals surface area contributed by atoms with Crippen LogP contribution in [0.5, 0.6) is 0 Å². The average Bonchev–Trinajstić information content (AvgIpc) is 3.08. The van der Waals surface area contributed by atoms with Gasteiger partial charge in [-0.25, -0.2) is 0 Å². The quantitative estimate of drug-likeness (QED) is 0.764. The minimum Gasteiger partial charge on any atom is -0.397 e. The van der Waals surface area contributed by atoms with E-state index in [1.807, 2.05) is 24.3 Å². The Labute approximate surface area is 118 Å². The number of carbonyl (C=O) groups excluding carboxylic acids is 1. The molecule has 0 aliphatic rings. The summed E-state index contributed by atoms with van der Waals surface area (Å²) in [6.45, 7) is 0.437. The summed E-state index contributed by atoms with van der Waals surface area (Å²) in [6, 6.07) is 7.70. The number of fused-ring (bicyclic) bond motifs is 1. The lowest BCUT2D eigenvalue weighted by Crippen LogP contribution is -2.25. The number of amides is 1. The predicted molar refractivity (Wildman–Crippen MR) is 76.6 cm³/mol. The Morgan fingerprint density at radius 1 is 1.40 bits per heavy atom. The molecule has 0 spiro atoms. The molecule has 0 bridgehead atoms. The van der Waals surface area contributed by atoms with Gasteiger partial charge in [-0.2, -0.15) is 4.98 Å². The van der Waals surface area contributed by atoms with Gasteiger partial charge in [0.25, 0.3) is 5.91 Å². The summed E-state index contributed by atoms with van der Waals surface area (Å²) in [4.78, 5) is 16.5. The predicted octanol–water partition coefficient (Wildman–Crippen LogP) is 1.84. The first kappa shape index (κ1) is 12.6. The third-order valence-electron chi connectivity index (χ3n) is 2.88. The van der Waals surface area contributed by atoms with E-state index in [-0.39, 0.29) is 5.91 Å². The standard InChI is InChI=1S/C13H12N4O2S/c14-11-8-3-1-2-4-9(8)20-12(11)13(18)15-6-5-10-16-7-19-17-10/h1-4,7H,5-6,14H2,(H,15,18). The van der Waals surface area contributed by atoms with E-state index in [1.54, 1.807) is 0 Å². The van der Waals surface area contributed by atoms with Crippen molar-refractivity contribution >= 4 is 33.0 Å². The molecule has 0 saturated carbocycles. The van der Waals surface area contributed by atoms with E-state index in [4.69, 9.17) is 5.73 Å².